The molecule has 0 radical (unpaired) electrons. The van der Waals surface area contributed by atoms with Crippen LogP contribution in [-0.4, -0.2) is 18.1 Å². The van der Waals surface area contributed by atoms with Gasteiger partial charge in [0.05, 0.1) is 6.54 Å². The van der Waals surface area contributed by atoms with Crippen molar-refractivity contribution in [2.45, 2.75) is 39.9 Å². The minimum atomic E-state index is 0.495. The Morgan fingerprint density at radius 1 is 1.42 bits per heavy atom. The first-order chi connectivity index (χ1) is 9.04. The van der Waals surface area contributed by atoms with E-state index in [2.05, 4.69) is 29.0 Å². The first kappa shape index (κ1) is 14.1. The van der Waals surface area contributed by atoms with E-state index in [0.29, 0.717) is 6.04 Å². The topological polar surface area (TPSA) is 41.3 Å². The maximum Gasteiger partial charge on any atom is 0.185 e. The van der Waals surface area contributed by atoms with Gasteiger partial charge in [0.15, 0.2) is 5.13 Å². The number of furan rings is 1. The summed E-state index contributed by atoms with van der Waals surface area (Å²) in [6.45, 7) is 7.88. The van der Waals surface area contributed by atoms with Crippen LogP contribution in [0.4, 0.5) is 5.13 Å². The third-order valence-electron chi connectivity index (χ3n) is 2.74. The van der Waals surface area contributed by atoms with E-state index in [9.17, 15) is 0 Å². The fraction of sp³-hybridized carbons (Fsp3) is 0.500. The molecule has 0 spiro atoms. The molecule has 1 N–H and O–H groups in total. The third kappa shape index (κ3) is 4.08. The van der Waals surface area contributed by atoms with Gasteiger partial charge in [-0.1, -0.05) is 13.8 Å². The molecule has 0 aromatic carbocycles. The lowest BCUT2D eigenvalue weighted by molar-refractivity contribution is 0.481. The van der Waals surface area contributed by atoms with E-state index in [0.717, 1.165) is 29.7 Å². The fourth-order valence-electron chi connectivity index (χ4n) is 1.73. The van der Waals surface area contributed by atoms with E-state index in [1.165, 1.54) is 4.88 Å². The molecule has 104 valence electrons. The van der Waals surface area contributed by atoms with Crippen LogP contribution in [0.2, 0.25) is 0 Å². The van der Waals surface area contributed by atoms with Crippen LogP contribution in [0, 0.1) is 6.92 Å². The lowest BCUT2D eigenvalue weighted by Gasteiger charge is -2.13. The molecule has 0 saturated heterocycles. The van der Waals surface area contributed by atoms with Crippen molar-refractivity contribution in [2.24, 2.45) is 0 Å². The molecular formula is C14H21N3OS. The largest absolute Gasteiger partial charge is 0.464 e. The van der Waals surface area contributed by atoms with Crippen LogP contribution in [0.5, 0.6) is 0 Å². The summed E-state index contributed by atoms with van der Waals surface area (Å²) in [4.78, 5) is 7.83. The highest BCUT2D eigenvalue weighted by atomic mass is 32.1. The molecule has 0 fully saturated rings. The van der Waals surface area contributed by atoms with Gasteiger partial charge in [-0.25, -0.2) is 4.98 Å². The summed E-state index contributed by atoms with van der Waals surface area (Å²) in [5.74, 6) is 1.92. The predicted molar refractivity (Wildman–Crippen MR) is 79.6 cm³/mol. The molecule has 2 aromatic rings. The number of aryl methyl sites for hydroxylation is 1. The zero-order valence-corrected chi connectivity index (χ0v) is 12.8. The number of hydrogen-bond donors (Lipinski definition) is 1. The number of nitrogens with one attached hydrogen (secondary N) is 1. The number of rotatable bonds is 6. The Kier molecular flexibility index (Phi) is 4.61. The van der Waals surface area contributed by atoms with E-state index in [-0.39, 0.29) is 0 Å². The van der Waals surface area contributed by atoms with Crippen molar-refractivity contribution in [1.82, 2.24) is 10.3 Å². The quantitative estimate of drug-likeness (QED) is 0.882. The van der Waals surface area contributed by atoms with E-state index in [1.807, 2.05) is 32.3 Å². The molecule has 0 saturated carbocycles. The van der Waals surface area contributed by atoms with Gasteiger partial charge in [0, 0.05) is 30.7 Å². The Balaban J connectivity index is 1.94. The van der Waals surface area contributed by atoms with Crippen LogP contribution < -0.4 is 10.2 Å². The first-order valence-corrected chi connectivity index (χ1v) is 7.31. The van der Waals surface area contributed by atoms with Crippen molar-refractivity contribution in [1.29, 1.82) is 0 Å². The van der Waals surface area contributed by atoms with Crippen molar-refractivity contribution in [3.8, 4) is 0 Å². The van der Waals surface area contributed by atoms with E-state index >= 15 is 0 Å². The maximum absolute atomic E-state index is 5.58. The van der Waals surface area contributed by atoms with E-state index in [1.54, 1.807) is 11.3 Å². The monoisotopic (exact) mass is 279 g/mol. The third-order valence-corrected chi connectivity index (χ3v) is 3.85. The lowest BCUT2D eigenvalue weighted by atomic mass is 10.4. The van der Waals surface area contributed by atoms with Crippen molar-refractivity contribution in [2.75, 3.05) is 11.9 Å². The van der Waals surface area contributed by atoms with Crippen LogP contribution in [0.1, 0.15) is 30.2 Å². The average molecular weight is 279 g/mol. The Labute approximate surface area is 118 Å². The molecule has 0 aliphatic rings. The second-order valence-electron chi connectivity index (χ2n) is 5.01. The van der Waals surface area contributed by atoms with Crippen LogP contribution >= 0.6 is 11.3 Å². The van der Waals surface area contributed by atoms with Gasteiger partial charge in [-0.3, -0.25) is 0 Å². The van der Waals surface area contributed by atoms with Crippen molar-refractivity contribution >= 4 is 16.5 Å². The summed E-state index contributed by atoms with van der Waals surface area (Å²) < 4.78 is 5.58. The molecule has 5 heteroatoms. The van der Waals surface area contributed by atoms with Crippen LogP contribution in [0.3, 0.4) is 0 Å². The molecule has 4 nitrogen and oxygen atoms in total. The van der Waals surface area contributed by atoms with Crippen LogP contribution in [0.25, 0.3) is 0 Å². The number of hydrogen-bond acceptors (Lipinski definition) is 5. The number of thiazole rings is 1. The van der Waals surface area contributed by atoms with Gasteiger partial charge in [-0.2, -0.15) is 0 Å². The average Bonchev–Trinajstić information content (AvgIpc) is 2.95. The molecule has 0 atom stereocenters. The Morgan fingerprint density at radius 2 is 2.21 bits per heavy atom. The van der Waals surface area contributed by atoms with Crippen molar-refractivity contribution in [3.05, 3.63) is 34.7 Å². The Hall–Kier alpha value is -1.33. The van der Waals surface area contributed by atoms with Crippen LogP contribution in [-0.2, 0) is 13.1 Å². The maximum atomic E-state index is 5.58. The normalized spacial score (nSPS) is 11.2. The molecule has 2 heterocycles. The Morgan fingerprint density at radius 3 is 2.84 bits per heavy atom. The highest BCUT2D eigenvalue weighted by Crippen LogP contribution is 2.23. The standard InChI is InChI=1S/C14H21N3OS/c1-10(2)15-7-13-8-16-14(19-13)17(4)9-12-6-5-11(3)18-12/h5-6,8,10,15H,7,9H2,1-4H3. The summed E-state index contributed by atoms with van der Waals surface area (Å²) in [6.07, 6.45) is 1.94. The molecule has 19 heavy (non-hydrogen) atoms. The van der Waals surface area contributed by atoms with Gasteiger partial charge in [0.2, 0.25) is 0 Å². The highest BCUT2D eigenvalue weighted by molar-refractivity contribution is 7.15. The molecule has 0 amide bonds. The Bertz CT molecular complexity index is 518. The SMILES string of the molecule is Cc1ccc(CN(C)c2ncc(CNC(C)C)s2)o1. The smallest absolute Gasteiger partial charge is 0.185 e. The minimum Gasteiger partial charge on any atom is -0.464 e. The zero-order chi connectivity index (χ0) is 13.8. The van der Waals surface area contributed by atoms with Gasteiger partial charge in [0.25, 0.3) is 0 Å². The summed E-state index contributed by atoms with van der Waals surface area (Å²) >= 11 is 1.72. The number of aromatic nitrogens is 1. The van der Waals surface area contributed by atoms with Gasteiger partial charge in [0.1, 0.15) is 11.5 Å². The summed E-state index contributed by atoms with van der Waals surface area (Å²) in [7, 11) is 2.04. The summed E-state index contributed by atoms with van der Waals surface area (Å²) in [6, 6.07) is 4.50. The first-order valence-electron chi connectivity index (χ1n) is 6.49. The molecule has 2 rings (SSSR count). The van der Waals surface area contributed by atoms with Crippen molar-refractivity contribution < 1.29 is 4.42 Å². The number of anilines is 1. The molecule has 0 aliphatic carbocycles. The summed E-state index contributed by atoms with van der Waals surface area (Å²) in [5.41, 5.74) is 0. The number of nitrogens with zero attached hydrogens (tertiary/aromatic N) is 2. The fourth-order valence-corrected chi connectivity index (χ4v) is 2.55. The van der Waals surface area contributed by atoms with Gasteiger partial charge < -0.3 is 14.6 Å². The predicted octanol–water partition coefficient (Wildman–Crippen LogP) is 3.18. The highest BCUT2D eigenvalue weighted by Gasteiger charge is 2.09. The van der Waals surface area contributed by atoms with Crippen molar-refractivity contribution in [3.63, 3.8) is 0 Å². The molecule has 0 unspecified atom stereocenters. The second kappa shape index (κ2) is 6.21. The van der Waals surface area contributed by atoms with Gasteiger partial charge in [-0.15, -0.1) is 11.3 Å². The zero-order valence-electron chi connectivity index (χ0n) is 11.9. The summed E-state index contributed by atoms with van der Waals surface area (Å²) in [5, 5.41) is 4.42. The van der Waals surface area contributed by atoms with Gasteiger partial charge in [-0.05, 0) is 19.1 Å². The van der Waals surface area contributed by atoms with E-state index < -0.39 is 0 Å². The van der Waals surface area contributed by atoms with E-state index in [4.69, 9.17) is 4.42 Å². The van der Waals surface area contributed by atoms with Crippen LogP contribution in [0.15, 0.2) is 22.7 Å². The molecule has 0 bridgehead atoms. The lowest BCUT2D eigenvalue weighted by Crippen LogP contribution is -2.21. The second-order valence-corrected chi connectivity index (χ2v) is 6.11. The molecular weight excluding hydrogens is 258 g/mol. The van der Waals surface area contributed by atoms with Gasteiger partial charge >= 0.3 is 0 Å². The minimum absolute atomic E-state index is 0.495. The molecule has 2 aromatic heterocycles. The molecule has 0 aliphatic heterocycles.